The van der Waals surface area contributed by atoms with Crippen LogP contribution in [0.4, 0.5) is 0 Å². The second-order valence-electron chi connectivity index (χ2n) is 5.59. The summed E-state index contributed by atoms with van der Waals surface area (Å²) in [7, 11) is 0. The van der Waals surface area contributed by atoms with Crippen molar-refractivity contribution in [1.82, 2.24) is 0 Å². The quantitative estimate of drug-likeness (QED) is 0.723. The third-order valence-corrected chi connectivity index (χ3v) is 4.61. The summed E-state index contributed by atoms with van der Waals surface area (Å²) in [4.78, 5) is 24.5. The summed E-state index contributed by atoms with van der Waals surface area (Å²) in [6.45, 7) is 0. The highest BCUT2D eigenvalue weighted by atomic mass is 16.5. The van der Waals surface area contributed by atoms with E-state index in [9.17, 15) is 9.59 Å². The van der Waals surface area contributed by atoms with Gasteiger partial charge in [-0.1, -0.05) is 30.3 Å². The van der Waals surface area contributed by atoms with Crippen LogP contribution in [0, 0.1) is 11.8 Å². The predicted molar refractivity (Wildman–Crippen MR) is 69.1 cm³/mol. The lowest BCUT2D eigenvalue weighted by Crippen LogP contribution is -2.31. The maximum Gasteiger partial charge on any atom is 0.339 e. The zero-order valence-corrected chi connectivity index (χ0v) is 10.5. The maximum absolute atomic E-state index is 12.3. The molecular formula is C16H14O3. The maximum atomic E-state index is 12.3. The van der Waals surface area contributed by atoms with Crippen molar-refractivity contribution >= 4 is 17.3 Å². The minimum absolute atomic E-state index is 0.0635. The Balaban J connectivity index is 1.94. The van der Waals surface area contributed by atoms with Gasteiger partial charge in [0.1, 0.15) is 6.10 Å². The Kier molecular flexibility index (Phi) is 2.19. The smallest absolute Gasteiger partial charge is 0.339 e. The molecule has 2 aliphatic carbocycles. The Bertz CT molecular complexity index is 600. The Morgan fingerprint density at radius 2 is 1.84 bits per heavy atom. The van der Waals surface area contributed by atoms with E-state index in [1.54, 1.807) is 0 Å². The number of benzene rings is 1. The third-order valence-electron chi connectivity index (χ3n) is 4.61. The summed E-state index contributed by atoms with van der Waals surface area (Å²) in [5, 5.41) is 0. The number of ketones is 1. The van der Waals surface area contributed by atoms with Gasteiger partial charge < -0.3 is 4.74 Å². The fraction of sp³-hybridized carbons (Fsp3) is 0.375. The monoisotopic (exact) mass is 254 g/mol. The molecule has 0 saturated heterocycles. The predicted octanol–water partition coefficient (Wildman–Crippen LogP) is 2.36. The first-order chi connectivity index (χ1) is 9.25. The summed E-state index contributed by atoms with van der Waals surface area (Å²) in [6.07, 6.45) is 2.43. The fourth-order valence-electron chi connectivity index (χ4n) is 3.85. The molecule has 2 fully saturated rings. The number of rotatable bonds is 1. The summed E-state index contributed by atoms with van der Waals surface area (Å²) in [5.74, 6) is 0.369. The Labute approximate surface area is 111 Å². The van der Waals surface area contributed by atoms with Gasteiger partial charge in [0.25, 0.3) is 0 Å². The Hall–Kier alpha value is -1.90. The topological polar surface area (TPSA) is 43.4 Å². The zero-order valence-electron chi connectivity index (χ0n) is 10.5. The van der Waals surface area contributed by atoms with Crippen LogP contribution < -0.4 is 0 Å². The van der Waals surface area contributed by atoms with Crippen LogP contribution in [0.1, 0.15) is 24.8 Å². The van der Waals surface area contributed by atoms with Crippen molar-refractivity contribution in [3.05, 3.63) is 41.5 Å². The molecule has 0 unspecified atom stereocenters. The van der Waals surface area contributed by atoms with Gasteiger partial charge in [-0.05, 0) is 24.3 Å². The molecule has 3 aliphatic rings. The highest BCUT2D eigenvalue weighted by Gasteiger charge is 2.53. The number of esters is 1. The molecule has 96 valence electrons. The average Bonchev–Trinajstić information content (AvgIpc) is 2.95. The van der Waals surface area contributed by atoms with Crippen LogP contribution in [0.15, 0.2) is 35.9 Å². The summed E-state index contributed by atoms with van der Waals surface area (Å²) < 4.78 is 5.56. The SMILES string of the molecule is O=C1C[C@H]2CC[C@H]3OC(=O)C(c4ccccc4)=C1[C@@H]23. The molecule has 19 heavy (non-hydrogen) atoms. The van der Waals surface area contributed by atoms with Gasteiger partial charge in [-0.25, -0.2) is 4.79 Å². The number of hydrogen-bond donors (Lipinski definition) is 0. The molecule has 3 nitrogen and oxygen atoms in total. The molecule has 0 radical (unpaired) electrons. The Morgan fingerprint density at radius 3 is 2.63 bits per heavy atom. The number of carbonyl (C=O) groups is 2. The van der Waals surface area contributed by atoms with Crippen LogP contribution in [0.5, 0.6) is 0 Å². The van der Waals surface area contributed by atoms with Crippen molar-refractivity contribution in [2.75, 3.05) is 0 Å². The lowest BCUT2D eigenvalue weighted by molar-refractivity contribution is -0.144. The fourth-order valence-corrected chi connectivity index (χ4v) is 3.85. The molecule has 0 aromatic heterocycles. The average molecular weight is 254 g/mol. The van der Waals surface area contributed by atoms with Crippen molar-refractivity contribution in [2.24, 2.45) is 11.8 Å². The van der Waals surface area contributed by atoms with Crippen LogP contribution in [-0.4, -0.2) is 17.9 Å². The molecule has 1 heterocycles. The van der Waals surface area contributed by atoms with Crippen LogP contribution in [0.3, 0.4) is 0 Å². The second kappa shape index (κ2) is 3.80. The highest BCUT2D eigenvalue weighted by molar-refractivity contribution is 6.25. The number of hydrogen-bond acceptors (Lipinski definition) is 3. The van der Waals surface area contributed by atoms with E-state index >= 15 is 0 Å². The summed E-state index contributed by atoms with van der Waals surface area (Å²) >= 11 is 0. The van der Waals surface area contributed by atoms with E-state index in [0.717, 1.165) is 24.0 Å². The van der Waals surface area contributed by atoms with Crippen molar-refractivity contribution in [1.29, 1.82) is 0 Å². The minimum Gasteiger partial charge on any atom is -0.458 e. The molecule has 0 N–H and O–H groups in total. The van der Waals surface area contributed by atoms with Gasteiger partial charge >= 0.3 is 5.97 Å². The van der Waals surface area contributed by atoms with Crippen LogP contribution >= 0.6 is 0 Å². The van der Waals surface area contributed by atoms with Gasteiger partial charge in [0, 0.05) is 17.9 Å². The molecule has 4 rings (SSSR count). The first-order valence-corrected chi connectivity index (χ1v) is 6.79. The van der Waals surface area contributed by atoms with E-state index in [1.807, 2.05) is 30.3 Å². The number of carbonyl (C=O) groups excluding carboxylic acids is 2. The normalized spacial score (nSPS) is 32.5. The van der Waals surface area contributed by atoms with Crippen molar-refractivity contribution in [2.45, 2.75) is 25.4 Å². The molecule has 1 aromatic carbocycles. The highest BCUT2D eigenvalue weighted by Crippen LogP contribution is 2.51. The summed E-state index contributed by atoms with van der Waals surface area (Å²) in [6, 6.07) is 9.42. The molecule has 3 heteroatoms. The standard InChI is InChI=1S/C16H14O3/c17-11-8-10-6-7-12-13(10)15(11)14(16(18)19-12)9-4-2-1-3-5-9/h1-5,10,12-13H,6-8H2/t10-,12-,13+/m1/s1. The molecule has 3 atom stereocenters. The molecule has 1 aliphatic heterocycles. The number of Topliss-reactive ketones (excluding diaryl/α,β-unsaturated/α-hetero) is 1. The van der Waals surface area contributed by atoms with Crippen LogP contribution in [-0.2, 0) is 14.3 Å². The van der Waals surface area contributed by atoms with Gasteiger partial charge in [-0.3, -0.25) is 4.79 Å². The van der Waals surface area contributed by atoms with Crippen molar-refractivity contribution in [3.8, 4) is 0 Å². The molecule has 0 spiro atoms. The first kappa shape index (κ1) is 11.0. The molecule has 0 bridgehead atoms. The molecule has 1 aromatic rings. The zero-order chi connectivity index (χ0) is 13.0. The lowest BCUT2D eigenvalue weighted by Gasteiger charge is -2.27. The van der Waals surface area contributed by atoms with Gasteiger partial charge in [0.15, 0.2) is 5.78 Å². The minimum atomic E-state index is -0.321. The van der Waals surface area contributed by atoms with Crippen LogP contribution in [0.2, 0.25) is 0 Å². The van der Waals surface area contributed by atoms with Gasteiger partial charge in [0.05, 0.1) is 5.57 Å². The van der Waals surface area contributed by atoms with Crippen molar-refractivity contribution in [3.63, 3.8) is 0 Å². The van der Waals surface area contributed by atoms with Crippen LogP contribution in [0.25, 0.3) is 5.57 Å². The van der Waals surface area contributed by atoms with E-state index < -0.39 is 0 Å². The molecule has 0 amide bonds. The molecular weight excluding hydrogens is 240 g/mol. The van der Waals surface area contributed by atoms with Gasteiger partial charge in [0.2, 0.25) is 0 Å². The second-order valence-corrected chi connectivity index (χ2v) is 5.59. The Morgan fingerprint density at radius 1 is 1.05 bits per heavy atom. The summed E-state index contributed by atoms with van der Waals surface area (Å²) in [5.41, 5.74) is 2.06. The van der Waals surface area contributed by atoms with E-state index in [4.69, 9.17) is 4.74 Å². The first-order valence-electron chi connectivity index (χ1n) is 6.79. The lowest BCUT2D eigenvalue weighted by atomic mass is 9.86. The van der Waals surface area contributed by atoms with E-state index in [-0.39, 0.29) is 23.8 Å². The molecule has 2 saturated carbocycles. The van der Waals surface area contributed by atoms with E-state index in [0.29, 0.717) is 17.9 Å². The van der Waals surface area contributed by atoms with Crippen molar-refractivity contribution < 1.29 is 14.3 Å². The van der Waals surface area contributed by atoms with E-state index in [2.05, 4.69) is 0 Å². The number of ether oxygens (including phenoxy) is 1. The third kappa shape index (κ3) is 1.44. The largest absolute Gasteiger partial charge is 0.458 e. The van der Waals surface area contributed by atoms with Gasteiger partial charge in [-0.2, -0.15) is 0 Å². The van der Waals surface area contributed by atoms with E-state index in [1.165, 1.54) is 0 Å². The van der Waals surface area contributed by atoms with Gasteiger partial charge in [-0.15, -0.1) is 0 Å².